The van der Waals surface area contributed by atoms with Crippen molar-refractivity contribution in [2.75, 3.05) is 32.9 Å². The first-order chi connectivity index (χ1) is 15.6. The molecule has 3 aliphatic rings. The van der Waals surface area contributed by atoms with Crippen molar-refractivity contribution in [1.29, 1.82) is 0 Å². The molecule has 0 saturated carbocycles. The van der Waals surface area contributed by atoms with E-state index in [0.717, 1.165) is 11.1 Å². The largest absolute Gasteiger partial charge is 0.394 e. The van der Waals surface area contributed by atoms with Crippen LogP contribution in [0.15, 0.2) is 54.9 Å². The number of aliphatic hydroxyl groups is 1. The smallest absolute Gasteiger partial charge is 0.227 e. The average Bonchev–Trinajstić information content (AvgIpc) is 2.79. The number of benzene rings is 1. The summed E-state index contributed by atoms with van der Waals surface area (Å²) in [5, 5.41) is 10.3. The normalized spacial score (nSPS) is 24.7. The summed E-state index contributed by atoms with van der Waals surface area (Å²) in [4.78, 5) is 34.3. The molecule has 2 atom stereocenters. The number of hydrogen-bond acceptors (Lipinski definition) is 5. The summed E-state index contributed by atoms with van der Waals surface area (Å²) >= 11 is 0. The van der Waals surface area contributed by atoms with E-state index in [2.05, 4.69) is 17.1 Å². The van der Waals surface area contributed by atoms with Crippen LogP contribution in [-0.4, -0.2) is 76.2 Å². The maximum absolute atomic E-state index is 13.6. The van der Waals surface area contributed by atoms with Gasteiger partial charge in [0.2, 0.25) is 11.8 Å². The molecular formula is C25H29N3O4. The number of rotatable bonds is 5. The second-order valence-electron chi connectivity index (χ2n) is 9.12. The number of ether oxygens (including phenoxy) is 1. The molecule has 3 fully saturated rings. The lowest BCUT2D eigenvalue weighted by atomic mass is 9.60. The molecule has 1 aromatic carbocycles. The first-order valence-electron chi connectivity index (χ1n) is 11.4. The highest BCUT2D eigenvalue weighted by Crippen LogP contribution is 2.54. The van der Waals surface area contributed by atoms with E-state index >= 15 is 0 Å². The van der Waals surface area contributed by atoms with Gasteiger partial charge in [0.1, 0.15) is 0 Å². The van der Waals surface area contributed by atoms with E-state index in [1.807, 2.05) is 40.1 Å². The van der Waals surface area contributed by atoms with Crippen molar-refractivity contribution in [3.05, 3.63) is 66.0 Å². The Morgan fingerprint density at radius 1 is 1.09 bits per heavy atom. The Bertz CT molecular complexity index is 956. The molecule has 0 unspecified atom stereocenters. The minimum absolute atomic E-state index is 0.0138. The second-order valence-corrected chi connectivity index (χ2v) is 9.12. The molecule has 2 aromatic rings. The fourth-order valence-electron chi connectivity index (χ4n) is 5.74. The van der Waals surface area contributed by atoms with Crippen molar-refractivity contribution >= 4 is 11.8 Å². The fraction of sp³-hybridized carbons (Fsp3) is 0.480. The number of carbonyl (C=O) groups excluding carboxylic acids is 2. The van der Waals surface area contributed by atoms with Gasteiger partial charge < -0.3 is 19.6 Å². The predicted molar refractivity (Wildman–Crippen MR) is 118 cm³/mol. The Kier molecular flexibility index (Phi) is 5.69. The number of nitrogens with zero attached hydrogens (tertiary/aromatic N) is 3. The van der Waals surface area contributed by atoms with Crippen molar-refractivity contribution in [1.82, 2.24) is 14.8 Å². The number of aromatic nitrogens is 1. The van der Waals surface area contributed by atoms with Crippen LogP contribution in [0.3, 0.4) is 0 Å². The summed E-state index contributed by atoms with van der Waals surface area (Å²) in [6, 6.07) is 13.5. The van der Waals surface area contributed by atoms with Crippen LogP contribution in [0.1, 0.15) is 29.9 Å². The lowest BCUT2D eigenvalue weighted by Gasteiger charge is -2.71. The molecule has 32 heavy (non-hydrogen) atoms. The first-order valence-corrected chi connectivity index (χ1v) is 11.4. The lowest BCUT2D eigenvalue weighted by Crippen LogP contribution is -2.86. The molecule has 3 aliphatic heterocycles. The zero-order valence-electron chi connectivity index (χ0n) is 18.1. The fourth-order valence-corrected chi connectivity index (χ4v) is 5.74. The monoisotopic (exact) mass is 435 g/mol. The second kappa shape index (κ2) is 8.64. The van der Waals surface area contributed by atoms with Gasteiger partial charge in [0.15, 0.2) is 0 Å². The van der Waals surface area contributed by atoms with E-state index in [-0.39, 0.29) is 36.3 Å². The molecule has 1 spiro atoms. The summed E-state index contributed by atoms with van der Waals surface area (Å²) in [5.41, 5.74) is 1.55. The maximum Gasteiger partial charge on any atom is 0.227 e. The van der Waals surface area contributed by atoms with Crippen LogP contribution >= 0.6 is 0 Å². The zero-order chi connectivity index (χ0) is 22.1. The van der Waals surface area contributed by atoms with Gasteiger partial charge in [0.25, 0.3) is 0 Å². The Morgan fingerprint density at radius 2 is 1.84 bits per heavy atom. The van der Waals surface area contributed by atoms with Crippen LogP contribution in [0.25, 0.3) is 0 Å². The van der Waals surface area contributed by atoms with Crippen molar-refractivity contribution in [3.63, 3.8) is 0 Å². The van der Waals surface area contributed by atoms with Gasteiger partial charge in [-0.2, -0.15) is 0 Å². The number of likely N-dealkylation sites (tertiary alicyclic amines) is 2. The van der Waals surface area contributed by atoms with E-state index in [4.69, 9.17) is 4.74 Å². The molecular weight excluding hydrogens is 406 g/mol. The van der Waals surface area contributed by atoms with E-state index in [1.54, 1.807) is 12.4 Å². The highest BCUT2D eigenvalue weighted by Gasteiger charge is 2.68. The van der Waals surface area contributed by atoms with Crippen molar-refractivity contribution < 1.29 is 19.4 Å². The van der Waals surface area contributed by atoms with Crippen LogP contribution in [0.2, 0.25) is 0 Å². The van der Waals surface area contributed by atoms with Crippen LogP contribution in [0, 0.1) is 5.92 Å². The van der Waals surface area contributed by atoms with Gasteiger partial charge in [-0.3, -0.25) is 14.6 Å². The number of carbonyl (C=O) groups is 2. The topological polar surface area (TPSA) is 83.0 Å². The maximum atomic E-state index is 13.6. The summed E-state index contributed by atoms with van der Waals surface area (Å²) in [6.07, 6.45) is 5.14. The van der Waals surface area contributed by atoms with Gasteiger partial charge in [-0.05, 0) is 30.0 Å². The van der Waals surface area contributed by atoms with Crippen molar-refractivity contribution in [3.8, 4) is 0 Å². The molecule has 7 heteroatoms. The molecule has 2 amide bonds. The van der Waals surface area contributed by atoms with E-state index in [1.165, 1.54) is 0 Å². The lowest BCUT2D eigenvalue weighted by molar-refractivity contribution is -0.207. The third-order valence-electron chi connectivity index (χ3n) is 7.29. The first kappa shape index (κ1) is 21.1. The van der Waals surface area contributed by atoms with Gasteiger partial charge in [-0.1, -0.05) is 36.4 Å². The molecule has 5 rings (SSSR count). The number of aliphatic hydroxyl groups excluding tert-OH is 1. The average molecular weight is 436 g/mol. The summed E-state index contributed by atoms with van der Waals surface area (Å²) in [7, 11) is 0. The highest BCUT2D eigenvalue weighted by molar-refractivity contribution is 5.85. The Hall–Kier alpha value is -2.77. The SMILES string of the molecule is O=C(Cc1cccnc1)N1CC2(C1)[C@@H](c1ccccc1)[C@H](CO)N2C(=O)C1CCOCC1. The summed E-state index contributed by atoms with van der Waals surface area (Å²) < 4.78 is 5.44. The van der Waals surface area contributed by atoms with Gasteiger partial charge in [-0.25, -0.2) is 0 Å². The molecule has 168 valence electrons. The van der Waals surface area contributed by atoms with Crippen molar-refractivity contribution in [2.24, 2.45) is 5.92 Å². The van der Waals surface area contributed by atoms with Crippen LogP contribution < -0.4 is 0 Å². The molecule has 4 heterocycles. The minimum atomic E-state index is -0.450. The van der Waals surface area contributed by atoms with E-state index < -0.39 is 5.54 Å². The molecule has 7 nitrogen and oxygen atoms in total. The Labute approximate surface area is 188 Å². The number of hydrogen-bond donors (Lipinski definition) is 1. The molecule has 0 radical (unpaired) electrons. The Balaban J connectivity index is 1.38. The van der Waals surface area contributed by atoms with Gasteiger partial charge in [0.05, 0.1) is 24.6 Å². The minimum Gasteiger partial charge on any atom is -0.394 e. The quantitative estimate of drug-likeness (QED) is 0.772. The van der Waals surface area contributed by atoms with Crippen molar-refractivity contribution in [2.45, 2.75) is 36.8 Å². The zero-order valence-corrected chi connectivity index (χ0v) is 18.1. The van der Waals surface area contributed by atoms with E-state index in [9.17, 15) is 14.7 Å². The van der Waals surface area contributed by atoms with E-state index in [0.29, 0.717) is 45.6 Å². The molecule has 1 N–H and O–H groups in total. The van der Waals surface area contributed by atoms with Crippen LogP contribution in [-0.2, 0) is 20.7 Å². The van der Waals surface area contributed by atoms with Gasteiger partial charge >= 0.3 is 0 Å². The standard InChI is InChI=1S/C25H29N3O4/c29-15-21-23(19-6-2-1-3-7-19)25(28(21)24(31)20-8-11-32-12-9-20)16-27(17-25)22(30)13-18-5-4-10-26-14-18/h1-7,10,14,20-21,23,29H,8-9,11-13,15-17H2/t21-,23-/m0/s1. The van der Waals surface area contributed by atoms with Gasteiger partial charge in [-0.15, -0.1) is 0 Å². The third-order valence-corrected chi connectivity index (χ3v) is 7.29. The third kappa shape index (κ3) is 3.49. The van der Waals surface area contributed by atoms with Crippen LogP contribution in [0.5, 0.6) is 0 Å². The Morgan fingerprint density at radius 3 is 2.50 bits per heavy atom. The molecule has 1 aromatic heterocycles. The molecule has 0 bridgehead atoms. The summed E-state index contributed by atoms with van der Waals surface area (Å²) in [5.74, 6) is 0.0757. The number of amides is 2. The van der Waals surface area contributed by atoms with Gasteiger partial charge in [0, 0.05) is 50.5 Å². The highest BCUT2D eigenvalue weighted by atomic mass is 16.5. The number of pyridine rings is 1. The molecule has 3 saturated heterocycles. The molecule has 0 aliphatic carbocycles. The predicted octanol–water partition coefficient (Wildman–Crippen LogP) is 1.62. The summed E-state index contributed by atoms with van der Waals surface area (Å²) in [6.45, 7) is 2.10. The van der Waals surface area contributed by atoms with Crippen LogP contribution in [0.4, 0.5) is 0 Å².